The van der Waals surface area contributed by atoms with E-state index in [0.29, 0.717) is 23.8 Å². The third kappa shape index (κ3) is 8.25. The van der Waals surface area contributed by atoms with Gasteiger partial charge in [0.15, 0.2) is 5.82 Å². The zero-order valence-corrected chi connectivity index (χ0v) is 32.2. The summed E-state index contributed by atoms with van der Waals surface area (Å²) >= 11 is 7.92. The van der Waals surface area contributed by atoms with Crippen LogP contribution < -0.4 is 20.9 Å². The number of hydrogen-bond donors (Lipinski definition) is 3. The van der Waals surface area contributed by atoms with Gasteiger partial charge in [-0.1, -0.05) is 35.9 Å². The Kier molecular flexibility index (Phi) is 11.2. The summed E-state index contributed by atoms with van der Waals surface area (Å²) in [6, 6.07) is 14.4. The number of piperazine rings is 1. The lowest BCUT2D eigenvalue weighted by Crippen LogP contribution is -2.52. The summed E-state index contributed by atoms with van der Waals surface area (Å²) in [6.45, 7) is 11.0. The Morgan fingerprint density at radius 2 is 1.78 bits per heavy atom. The molecule has 4 aromatic rings. The van der Waals surface area contributed by atoms with Crippen molar-refractivity contribution < 1.29 is 19.2 Å². The number of thiophene rings is 1. The molecule has 0 spiro atoms. The van der Waals surface area contributed by atoms with Crippen molar-refractivity contribution in [2.45, 2.75) is 65.0 Å². The van der Waals surface area contributed by atoms with Crippen LogP contribution in [-0.2, 0) is 25.6 Å². The van der Waals surface area contributed by atoms with Gasteiger partial charge in [-0.25, -0.2) is 0 Å². The summed E-state index contributed by atoms with van der Waals surface area (Å²) in [5, 5.41) is 18.7. The highest BCUT2D eigenvalue weighted by Gasteiger charge is 2.33. The van der Waals surface area contributed by atoms with Gasteiger partial charge in [0, 0.05) is 65.9 Å². The van der Waals surface area contributed by atoms with Crippen molar-refractivity contribution in [3.05, 3.63) is 92.3 Å². The van der Waals surface area contributed by atoms with Gasteiger partial charge in [-0.05, 0) is 75.5 Å². The topological polar surface area (TPSA) is 154 Å². The van der Waals surface area contributed by atoms with Gasteiger partial charge in [-0.3, -0.25) is 39.0 Å². The van der Waals surface area contributed by atoms with E-state index in [1.165, 1.54) is 4.88 Å². The number of imide groups is 1. The Hall–Kier alpha value is -4.92. The largest absolute Gasteiger partial charge is 0.369 e. The van der Waals surface area contributed by atoms with Crippen LogP contribution in [-0.4, -0.2) is 94.3 Å². The Morgan fingerprint density at radius 1 is 1.00 bits per heavy atom. The highest BCUT2D eigenvalue weighted by molar-refractivity contribution is 7.15. The molecule has 54 heavy (non-hydrogen) atoms. The maximum absolute atomic E-state index is 13.4. The summed E-state index contributed by atoms with van der Waals surface area (Å²) in [6.07, 6.45) is 1.66. The minimum absolute atomic E-state index is 0.0833. The van der Waals surface area contributed by atoms with Gasteiger partial charge in [-0.2, -0.15) is 0 Å². The normalized spacial score (nSPS) is 18.7. The van der Waals surface area contributed by atoms with Gasteiger partial charge >= 0.3 is 0 Å². The molecule has 7 rings (SSSR count). The number of aliphatic imine (C=N–C) groups is 1. The molecule has 2 saturated heterocycles. The number of carbonyl (C=O) groups excluding carboxylic acids is 4. The first-order chi connectivity index (χ1) is 26.0. The number of rotatable bonds is 11. The Morgan fingerprint density at radius 3 is 2.54 bits per heavy atom. The lowest BCUT2D eigenvalue weighted by molar-refractivity contribution is -0.137. The van der Waals surface area contributed by atoms with Crippen molar-refractivity contribution in [3.8, 4) is 5.00 Å². The third-order valence-corrected chi connectivity index (χ3v) is 11.7. The number of aromatic nitrogens is 3. The zero-order chi connectivity index (χ0) is 37.9. The SMILES string of the molecule is Cc1sc2c(c1C)C(c1ccc(Cl)cc1)=N[C@@H](CC(=O)NCCCN1CCN(c3cccc(CC(=O)NC4CCC(=O)NC4=O)c3)CC1)c1nnc(C)n1-2. The van der Waals surface area contributed by atoms with Crippen LogP contribution in [0.3, 0.4) is 0 Å². The quantitative estimate of drug-likeness (QED) is 0.153. The summed E-state index contributed by atoms with van der Waals surface area (Å²) in [5.41, 5.74) is 5.87. The number of nitrogens with one attached hydrogen (secondary N) is 3. The van der Waals surface area contributed by atoms with Crippen LogP contribution in [0.25, 0.3) is 5.00 Å². The van der Waals surface area contributed by atoms with Gasteiger partial charge < -0.3 is 15.5 Å². The predicted octanol–water partition coefficient (Wildman–Crippen LogP) is 3.98. The maximum atomic E-state index is 13.4. The first-order valence-electron chi connectivity index (χ1n) is 18.4. The number of halogens is 1. The van der Waals surface area contributed by atoms with E-state index in [2.05, 4.69) is 60.4 Å². The molecule has 3 aliphatic heterocycles. The summed E-state index contributed by atoms with van der Waals surface area (Å²) in [5.74, 6) is 0.327. The second-order valence-corrected chi connectivity index (χ2v) is 15.7. The molecule has 13 nitrogen and oxygen atoms in total. The summed E-state index contributed by atoms with van der Waals surface area (Å²) < 4.78 is 2.06. The van der Waals surface area contributed by atoms with Crippen molar-refractivity contribution in [1.29, 1.82) is 0 Å². The highest BCUT2D eigenvalue weighted by Crippen LogP contribution is 2.39. The van der Waals surface area contributed by atoms with Crippen LogP contribution in [0.2, 0.25) is 5.02 Å². The Labute approximate surface area is 323 Å². The Balaban J connectivity index is 0.904. The summed E-state index contributed by atoms with van der Waals surface area (Å²) in [7, 11) is 0. The van der Waals surface area contributed by atoms with E-state index in [0.717, 1.165) is 83.6 Å². The second-order valence-electron chi connectivity index (χ2n) is 14.1. The van der Waals surface area contributed by atoms with Gasteiger partial charge in [0.05, 0.1) is 18.6 Å². The first kappa shape index (κ1) is 37.4. The molecule has 1 unspecified atom stereocenters. The molecule has 2 fully saturated rings. The molecule has 0 bridgehead atoms. The van der Waals surface area contributed by atoms with Crippen molar-refractivity contribution >= 4 is 58.0 Å². The fourth-order valence-corrected chi connectivity index (χ4v) is 8.61. The number of amides is 4. The van der Waals surface area contributed by atoms with Crippen LogP contribution >= 0.6 is 22.9 Å². The van der Waals surface area contributed by atoms with E-state index in [9.17, 15) is 19.2 Å². The molecule has 2 atom stereocenters. The van der Waals surface area contributed by atoms with Crippen molar-refractivity contribution in [1.82, 2.24) is 35.6 Å². The van der Waals surface area contributed by atoms with Crippen LogP contribution in [0.5, 0.6) is 0 Å². The van der Waals surface area contributed by atoms with Crippen molar-refractivity contribution in [3.63, 3.8) is 0 Å². The first-order valence-corrected chi connectivity index (χ1v) is 19.6. The predicted molar refractivity (Wildman–Crippen MR) is 209 cm³/mol. The van der Waals surface area contributed by atoms with E-state index >= 15 is 0 Å². The fourth-order valence-electron chi connectivity index (χ4n) is 7.27. The number of benzene rings is 2. The van der Waals surface area contributed by atoms with Gasteiger partial charge in [0.2, 0.25) is 23.6 Å². The molecular formula is C39H44ClN9O4S. The number of nitrogens with zero attached hydrogens (tertiary/aromatic N) is 6. The van der Waals surface area contributed by atoms with E-state index in [4.69, 9.17) is 16.6 Å². The van der Waals surface area contributed by atoms with Crippen LogP contribution in [0.15, 0.2) is 53.5 Å². The molecule has 0 radical (unpaired) electrons. The molecule has 0 saturated carbocycles. The van der Waals surface area contributed by atoms with Crippen LogP contribution in [0.1, 0.15) is 70.5 Å². The number of piperidine rings is 1. The zero-order valence-electron chi connectivity index (χ0n) is 30.7. The average Bonchev–Trinajstić information content (AvgIpc) is 3.63. The Bertz CT molecular complexity index is 2100. The second kappa shape index (κ2) is 16.2. The van der Waals surface area contributed by atoms with E-state index in [1.807, 2.05) is 49.4 Å². The lowest BCUT2D eigenvalue weighted by Gasteiger charge is -2.36. The number of fused-ring (bicyclic) bond motifs is 3. The van der Waals surface area contributed by atoms with Gasteiger partial charge in [0.1, 0.15) is 22.9 Å². The monoisotopic (exact) mass is 769 g/mol. The van der Waals surface area contributed by atoms with Crippen molar-refractivity contribution in [2.24, 2.45) is 4.99 Å². The molecule has 4 amide bonds. The molecule has 0 aliphatic carbocycles. The lowest BCUT2D eigenvalue weighted by atomic mass is 9.99. The van der Waals surface area contributed by atoms with Crippen LogP contribution in [0.4, 0.5) is 5.69 Å². The average molecular weight is 770 g/mol. The van der Waals surface area contributed by atoms with Gasteiger partial charge in [0.25, 0.3) is 0 Å². The summed E-state index contributed by atoms with van der Waals surface area (Å²) in [4.78, 5) is 60.6. The molecule has 15 heteroatoms. The van der Waals surface area contributed by atoms with Gasteiger partial charge in [-0.15, -0.1) is 21.5 Å². The molecule has 2 aromatic heterocycles. The minimum Gasteiger partial charge on any atom is -0.369 e. The molecule has 2 aromatic carbocycles. The smallest absolute Gasteiger partial charge is 0.249 e. The number of aryl methyl sites for hydroxylation is 2. The third-order valence-electron chi connectivity index (χ3n) is 10.3. The standard InChI is InChI=1S/C39H44ClN9O4S/c1-23-24(2)54-39-35(23)36(27-8-10-28(40)11-9-27)43-31(37-46-45-25(3)49(37)39)22-33(51)41-14-5-15-47-16-18-48(19-17-47)29-7-4-6-26(20-29)21-34(52)42-30-12-13-32(50)44-38(30)53/h4,6-11,20,30-31H,5,12-19,21-22H2,1-3H3,(H,41,51)(H,42,52)(H,44,50,53)/t30?,31-/m0/s1. The molecular weight excluding hydrogens is 726 g/mol. The van der Waals surface area contributed by atoms with Crippen molar-refractivity contribution in [2.75, 3.05) is 44.2 Å². The van der Waals surface area contributed by atoms with E-state index < -0.39 is 18.0 Å². The number of carbonyl (C=O) groups is 4. The van der Waals surface area contributed by atoms with Crippen LogP contribution in [0, 0.1) is 20.8 Å². The number of hydrogen-bond acceptors (Lipinski definition) is 10. The van der Waals surface area contributed by atoms with E-state index in [1.54, 1.807) is 11.3 Å². The highest BCUT2D eigenvalue weighted by atomic mass is 35.5. The molecule has 282 valence electrons. The fraction of sp³-hybridized carbons (Fsp3) is 0.410. The molecule has 3 N–H and O–H groups in total. The number of anilines is 1. The maximum Gasteiger partial charge on any atom is 0.249 e. The van der Waals surface area contributed by atoms with E-state index in [-0.39, 0.29) is 37.0 Å². The molecule has 3 aliphatic rings. The minimum atomic E-state index is -0.680. The molecule has 5 heterocycles.